The molecule has 2 rings (SSSR count). The van der Waals surface area contributed by atoms with Crippen molar-refractivity contribution in [2.75, 3.05) is 0 Å². The summed E-state index contributed by atoms with van der Waals surface area (Å²) in [7, 11) is -4.44. The second-order valence-electron chi connectivity index (χ2n) is 4.95. The summed E-state index contributed by atoms with van der Waals surface area (Å²) in [5.74, 6) is -0.264. The quantitative estimate of drug-likeness (QED) is 0.710. The Bertz CT molecular complexity index is 887. The molecule has 0 bridgehead atoms. The van der Waals surface area contributed by atoms with Crippen molar-refractivity contribution in [3.8, 4) is 5.75 Å². The monoisotopic (exact) mass is 415 g/mol. The molecule has 0 atom stereocenters. The third-order valence-corrected chi connectivity index (χ3v) is 5.07. The van der Waals surface area contributed by atoms with E-state index in [1.54, 1.807) is 0 Å². The normalized spacial score (nSPS) is 12.4. The molecule has 0 fully saturated rings. The molecule has 0 spiro atoms. The topological polar surface area (TPSA) is 55.4 Å². The Morgan fingerprint density at radius 3 is 2.38 bits per heavy atom. The molecule has 2 aromatic rings. The molecular weight excluding hydrogens is 405 g/mol. The fraction of sp³-hybridized carbons (Fsp3) is 0.200. The molecule has 0 saturated heterocycles. The van der Waals surface area contributed by atoms with E-state index in [4.69, 9.17) is 11.6 Å². The summed E-state index contributed by atoms with van der Waals surface area (Å²) in [5.41, 5.74) is -1.12. The highest BCUT2D eigenvalue weighted by molar-refractivity contribution is 7.89. The van der Waals surface area contributed by atoms with Crippen LogP contribution in [0.4, 0.5) is 22.0 Å². The van der Waals surface area contributed by atoms with Crippen molar-refractivity contribution >= 4 is 21.6 Å². The summed E-state index contributed by atoms with van der Waals surface area (Å²) in [6.45, 7) is -3.61. The average Bonchev–Trinajstić information content (AvgIpc) is 2.52. The second kappa shape index (κ2) is 7.77. The largest absolute Gasteiger partial charge is 0.434 e. The van der Waals surface area contributed by atoms with Crippen molar-refractivity contribution in [2.24, 2.45) is 0 Å². The van der Waals surface area contributed by atoms with Gasteiger partial charge in [0.25, 0.3) is 0 Å². The Hall–Kier alpha value is -1.91. The van der Waals surface area contributed by atoms with Crippen LogP contribution < -0.4 is 9.46 Å². The molecule has 11 heteroatoms. The van der Waals surface area contributed by atoms with Crippen molar-refractivity contribution in [3.63, 3.8) is 0 Å². The summed E-state index contributed by atoms with van der Waals surface area (Å²) in [4.78, 5) is -0.777. The zero-order chi connectivity index (χ0) is 19.5. The lowest BCUT2D eigenvalue weighted by atomic mass is 10.2. The summed E-state index contributed by atoms with van der Waals surface area (Å²) >= 11 is 5.70. The molecule has 0 radical (unpaired) electrons. The molecule has 2 aromatic carbocycles. The van der Waals surface area contributed by atoms with Gasteiger partial charge in [-0.15, -0.1) is 0 Å². The highest BCUT2D eigenvalue weighted by Crippen LogP contribution is 2.33. The van der Waals surface area contributed by atoms with Crippen molar-refractivity contribution < 1.29 is 35.1 Å². The van der Waals surface area contributed by atoms with Gasteiger partial charge >= 0.3 is 12.8 Å². The fourth-order valence-corrected chi connectivity index (χ4v) is 3.53. The van der Waals surface area contributed by atoms with Crippen LogP contribution in [0.3, 0.4) is 0 Å². The van der Waals surface area contributed by atoms with Crippen LogP contribution in [0.25, 0.3) is 0 Å². The van der Waals surface area contributed by atoms with Gasteiger partial charge in [-0.3, -0.25) is 0 Å². The predicted octanol–water partition coefficient (Wildman–Crippen LogP) is 4.44. The molecule has 142 valence electrons. The summed E-state index contributed by atoms with van der Waals surface area (Å²) < 4.78 is 93.9. The molecule has 0 aliphatic carbocycles. The molecule has 0 amide bonds. The number of rotatable bonds is 6. The molecule has 0 aromatic heterocycles. The van der Waals surface area contributed by atoms with Crippen molar-refractivity contribution in [2.45, 2.75) is 24.2 Å². The molecule has 0 saturated carbocycles. The number of hydrogen-bond donors (Lipinski definition) is 1. The Labute approximate surface area is 150 Å². The summed E-state index contributed by atoms with van der Waals surface area (Å²) in [6, 6.07) is 7.24. The van der Waals surface area contributed by atoms with Crippen molar-refractivity contribution in [3.05, 3.63) is 58.6 Å². The van der Waals surface area contributed by atoms with E-state index < -0.39 is 44.8 Å². The highest BCUT2D eigenvalue weighted by atomic mass is 35.5. The van der Waals surface area contributed by atoms with Gasteiger partial charge in [0.05, 0.1) is 10.6 Å². The number of halogens is 6. The van der Waals surface area contributed by atoms with Gasteiger partial charge in [-0.25, -0.2) is 13.1 Å². The van der Waals surface area contributed by atoms with Gasteiger partial charge in [0.2, 0.25) is 10.0 Å². The van der Waals surface area contributed by atoms with Gasteiger partial charge in [0, 0.05) is 12.1 Å². The first kappa shape index (κ1) is 20.4. The zero-order valence-corrected chi connectivity index (χ0v) is 14.3. The molecule has 0 heterocycles. The lowest BCUT2D eigenvalue weighted by Gasteiger charge is -2.13. The van der Waals surface area contributed by atoms with Gasteiger partial charge < -0.3 is 4.74 Å². The first-order valence-corrected chi connectivity index (χ1v) is 8.76. The number of ether oxygens (including phenoxy) is 1. The van der Waals surface area contributed by atoms with Crippen LogP contribution in [0, 0.1) is 0 Å². The fourth-order valence-electron chi connectivity index (χ4n) is 2.00. The van der Waals surface area contributed by atoms with Gasteiger partial charge in [0.15, 0.2) is 0 Å². The van der Waals surface area contributed by atoms with E-state index in [2.05, 4.69) is 4.74 Å². The third kappa shape index (κ3) is 5.05. The molecular formula is C15H11ClF5NO3S. The number of sulfonamides is 1. The number of alkyl halides is 5. The van der Waals surface area contributed by atoms with Gasteiger partial charge in [0.1, 0.15) is 10.6 Å². The Balaban J connectivity index is 2.28. The minimum atomic E-state index is -4.76. The predicted molar refractivity (Wildman–Crippen MR) is 83.6 cm³/mol. The molecule has 1 N–H and O–H groups in total. The zero-order valence-electron chi connectivity index (χ0n) is 12.7. The maximum absolute atomic E-state index is 12.8. The lowest BCUT2D eigenvalue weighted by molar-refractivity contribution is -0.137. The SMILES string of the molecule is O=S(=O)(NCc1ccccc1OC(F)F)c1cc(C(F)(F)F)ccc1Cl. The summed E-state index contributed by atoms with van der Waals surface area (Å²) in [6.07, 6.45) is -4.76. The maximum Gasteiger partial charge on any atom is 0.416 e. The van der Waals surface area contributed by atoms with E-state index in [9.17, 15) is 30.4 Å². The van der Waals surface area contributed by atoms with Crippen LogP contribution in [-0.4, -0.2) is 15.0 Å². The van der Waals surface area contributed by atoms with E-state index in [1.165, 1.54) is 24.3 Å². The van der Waals surface area contributed by atoms with Gasteiger partial charge in [-0.05, 0) is 24.3 Å². The first-order chi connectivity index (χ1) is 12.0. The Morgan fingerprint density at radius 2 is 1.77 bits per heavy atom. The van der Waals surface area contributed by atoms with E-state index >= 15 is 0 Å². The second-order valence-corrected chi connectivity index (χ2v) is 7.10. The molecule has 0 unspecified atom stereocenters. The van der Waals surface area contributed by atoms with Gasteiger partial charge in [-0.1, -0.05) is 29.8 Å². The van der Waals surface area contributed by atoms with E-state index in [0.717, 1.165) is 6.07 Å². The minimum Gasteiger partial charge on any atom is -0.434 e. The maximum atomic E-state index is 12.8. The third-order valence-electron chi connectivity index (χ3n) is 3.19. The van der Waals surface area contributed by atoms with E-state index in [1.807, 2.05) is 4.72 Å². The van der Waals surface area contributed by atoms with Crippen molar-refractivity contribution in [1.29, 1.82) is 0 Å². The lowest BCUT2D eigenvalue weighted by Crippen LogP contribution is -2.24. The van der Waals surface area contributed by atoms with Crippen LogP contribution >= 0.6 is 11.6 Å². The van der Waals surface area contributed by atoms with Crippen molar-refractivity contribution in [1.82, 2.24) is 4.72 Å². The van der Waals surface area contributed by atoms with E-state index in [0.29, 0.717) is 12.1 Å². The van der Waals surface area contributed by atoms with Crippen LogP contribution in [0.15, 0.2) is 47.4 Å². The Kier molecular flexibility index (Phi) is 6.09. The standard InChI is InChI=1S/C15H11ClF5NO3S/c16-11-6-5-10(15(19,20)21)7-13(11)26(23,24)22-8-9-3-1-2-4-12(9)25-14(17)18/h1-7,14,22H,8H2. The minimum absolute atomic E-state index is 0.0690. The van der Waals surface area contributed by atoms with Crippen LogP contribution in [0.2, 0.25) is 5.02 Å². The average molecular weight is 416 g/mol. The van der Waals surface area contributed by atoms with Gasteiger partial charge in [-0.2, -0.15) is 22.0 Å². The van der Waals surface area contributed by atoms with E-state index in [-0.39, 0.29) is 11.3 Å². The molecule has 0 aliphatic rings. The molecule has 26 heavy (non-hydrogen) atoms. The molecule has 0 aliphatic heterocycles. The first-order valence-electron chi connectivity index (χ1n) is 6.90. The van der Waals surface area contributed by atoms with Crippen LogP contribution in [-0.2, 0) is 22.7 Å². The Morgan fingerprint density at radius 1 is 1.12 bits per heavy atom. The number of nitrogens with one attached hydrogen (secondary N) is 1. The number of para-hydroxylation sites is 1. The van der Waals surface area contributed by atoms with Crippen LogP contribution in [0.1, 0.15) is 11.1 Å². The molecule has 4 nitrogen and oxygen atoms in total. The number of hydrogen-bond acceptors (Lipinski definition) is 3. The highest BCUT2D eigenvalue weighted by Gasteiger charge is 2.32. The number of benzene rings is 2. The van der Waals surface area contributed by atoms with Crippen LogP contribution in [0.5, 0.6) is 5.75 Å². The smallest absolute Gasteiger partial charge is 0.416 e. The summed E-state index contributed by atoms with van der Waals surface area (Å²) in [5, 5.41) is -0.414.